The van der Waals surface area contributed by atoms with Crippen LogP contribution in [0.5, 0.6) is 5.75 Å². The molecule has 2 aromatic rings. The van der Waals surface area contributed by atoms with E-state index in [1.165, 1.54) is 0 Å². The summed E-state index contributed by atoms with van der Waals surface area (Å²) in [5, 5.41) is 0.426. The van der Waals surface area contributed by atoms with Gasteiger partial charge in [0.2, 0.25) is 0 Å². The predicted molar refractivity (Wildman–Crippen MR) is 103 cm³/mol. The van der Waals surface area contributed by atoms with Crippen molar-refractivity contribution in [3.05, 3.63) is 63.0 Å². The third kappa shape index (κ3) is 3.54. The van der Waals surface area contributed by atoms with E-state index >= 15 is 0 Å². The summed E-state index contributed by atoms with van der Waals surface area (Å²) in [6.45, 7) is 2.27. The molecule has 2 amide bonds. The van der Waals surface area contributed by atoms with Crippen molar-refractivity contribution in [3.63, 3.8) is 0 Å². The van der Waals surface area contributed by atoms with Gasteiger partial charge in [0, 0.05) is 15.6 Å². The Labute approximate surface area is 159 Å². The fourth-order valence-corrected chi connectivity index (χ4v) is 3.70. The number of benzene rings is 2. The van der Waals surface area contributed by atoms with Gasteiger partial charge in [-0.25, -0.2) is 4.90 Å². The normalized spacial score (nSPS) is 16.0. The van der Waals surface area contributed by atoms with E-state index < -0.39 is 11.1 Å². The maximum absolute atomic E-state index is 12.8. The molecule has 1 aliphatic rings. The lowest BCUT2D eigenvalue weighted by Crippen LogP contribution is -2.28. The average Bonchev–Trinajstić information content (AvgIpc) is 2.86. The number of hydrogen-bond acceptors (Lipinski definition) is 4. The number of imide groups is 1. The Balaban J connectivity index is 2.00. The molecule has 0 aromatic heterocycles. The molecule has 2 aromatic carbocycles. The van der Waals surface area contributed by atoms with Crippen LogP contribution in [0.3, 0.4) is 0 Å². The van der Waals surface area contributed by atoms with E-state index in [-0.39, 0.29) is 4.91 Å². The van der Waals surface area contributed by atoms with E-state index in [1.54, 1.807) is 48.5 Å². The molecule has 0 radical (unpaired) electrons. The van der Waals surface area contributed by atoms with Crippen molar-refractivity contribution < 1.29 is 14.3 Å². The van der Waals surface area contributed by atoms with Gasteiger partial charge in [-0.3, -0.25) is 9.59 Å². The number of ether oxygens (including phenoxy) is 1. The van der Waals surface area contributed by atoms with Gasteiger partial charge in [0.25, 0.3) is 11.1 Å². The summed E-state index contributed by atoms with van der Waals surface area (Å²) in [5.41, 5.74) is 0.926. The van der Waals surface area contributed by atoms with Gasteiger partial charge < -0.3 is 4.74 Å². The Bertz CT molecular complexity index is 862. The van der Waals surface area contributed by atoms with Crippen molar-refractivity contribution in [1.82, 2.24) is 0 Å². The van der Waals surface area contributed by atoms with Gasteiger partial charge in [-0.1, -0.05) is 41.4 Å². The Hall–Kier alpha value is -1.95. The van der Waals surface area contributed by atoms with Crippen molar-refractivity contribution >= 4 is 57.9 Å². The number of rotatable bonds is 4. The minimum atomic E-state index is -0.432. The molecule has 1 aliphatic heterocycles. The van der Waals surface area contributed by atoms with E-state index in [0.717, 1.165) is 16.7 Å². The highest BCUT2D eigenvalue weighted by Gasteiger charge is 2.38. The molecule has 1 fully saturated rings. The highest BCUT2D eigenvalue weighted by molar-refractivity contribution is 8.19. The SMILES string of the molecule is CCOc1ccccc1N1C(=O)S/C(=C\c2c(Cl)cccc2Cl)C1=O. The van der Waals surface area contributed by atoms with Crippen molar-refractivity contribution in [3.8, 4) is 5.75 Å². The maximum atomic E-state index is 12.8. The van der Waals surface area contributed by atoms with Crippen LogP contribution >= 0.6 is 35.0 Å². The van der Waals surface area contributed by atoms with Crippen LogP contribution in [0.25, 0.3) is 6.08 Å². The van der Waals surface area contributed by atoms with Gasteiger partial charge in [-0.15, -0.1) is 0 Å². The zero-order valence-corrected chi connectivity index (χ0v) is 15.5. The Morgan fingerprint density at radius 1 is 1.08 bits per heavy atom. The molecule has 128 valence electrons. The average molecular weight is 394 g/mol. The van der Waals surface area contributed by atoms with Gasteiger partial charge in [0.15, 0.2) is 0 Å². The molecule has 0 saturated carbocycles. The molecule has 0 unspecified atom stereocenters. The number of carbonyl (C=O) groups is 2. The minimum absolute atomic E-state index is 0.256. The number of thioether (sulfide) groups is 1. The largest absolute Gasteiger partial charge is 0.492 e. The molecule has 0 atom stereocenters. The van der Waals surface area contributed by atoms with E-state index in [4.69, 9.17) is 27.9 Å². The second-order valence-corrected chi connectivity index (χ2v) is 6.86. The standard InChI is InChI=1S/C18H13Cl2NO3S/c1-2-24-15-9-4-3-8-14(15)21-17(22)16(25-18(21)23)10-11-12(19)6-5-7-13(11)20/h3-10H,2H2,1H3/b16-10-. The van der Waals surface area contributed by atoms with E-state index in [1.807, 2.05) is 6.92 Å². The maximum Gasteiger partial charge on any atom is 0.298 e. The quantitative estimate of drug-likeness (QED) is 0.631. The Kier molecular flexibility index (Phi) is 5.37. The van der Waals surface area contributed by atoms with Crippen LogP contribution in [-0.2, 0) is 4.79 Å². The van der Waals surface area contributed by atoms with E-state index in [0.29, 0.717) is 33.7 Å². The lowest BCUT2D eigenvalue weighted by molar-refractivity contribution is -0.113. The molecule has 1 heterocycles. The number of hydrogen-bond donors (Lipinski definition) is 0. The molecule has 0 N–H and O–H groups in total. The fraction of sp³-hybridized carbons (Fsp3) is 0.111. The first-order valence-corrected chi connectivity index (χ1v) is 9.04. The molecular formula is C18H13Cl2NO3S. The second kappa shape index (κ2) is 7.52. The molecular weight excluding hydrogens is 381 g/mol. The molecule has 7 heteroatoms. The van der Waals surface area contributed by atoms with Gasteiger partial charge in [-0.05, 0) is 49.0 Å². The van der Waals surface area contributed by atoms with Crippen molar-refractivity contribution in [2.24, 2.45) is 0 Å². The third-order valence-electron chi connectivity index (χ3n) is 3.47. The van der Waals surface area contributed by atoms with Gasteiger partial charge in [0.05, 0.1) is 17.2 Å². The van der Waals surface area contributed by atoms with Gasteiger partial charge in [0.1, 0.15) is 5.75 Å². The molecule has 25 heavy (non-hydrogen) atoms. The van der Waals surface area contributed by atoms with E-state index in [2.05, 4.69) is 0 Å². The van der Waals surface area contributed by atoms with Crippen molar-refractivity contribution in [2.45, 2.75) is 6.92 Å². The third-order valence-corrected chi connectivity index (χ3v) is 5.00. The molecule has 0 bridgehead atoms. The van der Waals surface area contributed by atoms with Gasteiger partial charge in [-0.2, -0.15) is 0 Å². The summed E-state index contributed by atoms with van der Waals surface area (Å²) in [7, 11) is 0. The van der Waals surface area contributed by atoms with Crippen LogP contribution in [0.1, 0.15) is 12.5 Å². The fourth-order valence-electron chi connectivity index (χ4n) is 2.37. The van der Waals surface area contributed by atoms with Crippen LogP contribution < -0.4 is 9.64 Å². The smallest absolute Gasteiger partial charge is 0.298 e. The lowest BCUT2D eigenvalue weighted by Gasteiger charge is -2.16. The molecule has 1 saturated heterocycles. The zero-order valence-electron chi connectivity index (χ0n) is 13.2. The number of amides is 2. The molecule has 3 rings (SSSR count). The summed E-state index contributed by atoms with van der Waals surface area (Å²) in [4.78, 5) is 26.6. The summed E-state index contributed by atoms with van der Waals surface area (Å²) in [5.74, 6) is 0.0439. The Morgan fingerprint density at radius 2 is 1.76 bits per heavy atom. The predicted octanol–water partition coefficient (Wildman–Crippen LogP) is 5.63. The summed E-state index contributed by atoms with van der Waals surface area (Å²) < 4.78 is 5.52. The van der Waals surface area contributed by atoms with Crippen molar-refractivity contribution in [2.75, 3.05) is 11.5 Å². The number of anilines is 1. The van der Waals surface area contributed by atoms with Crippen LogP contribution in [0.2, 0.25) is 10.0 Å². The van der Waals surface area contributed by atoms with Crippen LogP contribution in [-0.4, -0.2) is 17.8 Å². The molecule has 0 aliphatic carbocycles. The number of nitrogens with zero attached hydrogens (tertiary/aromatic N) is 1. The summed E-state index contributed by atoms with van der Waals surface area (Å²) in [6, 6.07) is 12.0. The van der Waals surface area contributed by atoms with Gasteiger partial charge >= 0.3 is 0 Å². The van der Waals surface area contributed by atoms with Crippen LogP contribution in [0, 0.1) is 0 Å². The highest BCUT2D eigenvalue weighted by atomic mass is 35.5. The highest BCUT2D eigenvalue weighted by Crippen LogP contribution is 2.40. The first-order chi connectivity index (χ1) is 12.0. The van der Waals surface area contributed by atoms with Crippen molar-refractivity contribution in [1.29, 1.82) is 0 Å². The second-order valence-electron chi connectivity index (χ2n) is 5.05. The first kappa shape index (κ1) is 17.9. The number of halogens is 2. The topological polar surface area (TPSA) is 46.6 Å². The molecule has 4 nitrogen and oxygen atoms in total. The summed E-state index contributed by atoms with van der Waals surface area (Å²) in [6.07, 6.45) is 1.54. The number of para-hydroxylation sites is 2. The lowest BCUT2D eigenvalue weighted by atomic mass is 10.2. The minimum Gasteiger partial charge on any atom is -0.492 e. The van der Waals surface area contributed by atoms with E-state index in [9.17, 15) is 9.59 Å². The van der Waals surface area contributed by atoms with Crippen LogP contribution in [0.15, 0.2) is 47.4 Å². The summed E-state index contributed by atoms with van der Waals surface area (Å²) >= 11 is 13.1. The van der Waals surface area contributed by atoms with Crippen LogP contribution in [0.4, 0.5) is 10.5 Å². The first-order valence-electron chi connectivity index (χ1n) is 7.46. The molecule has 0 spiro atoms. The monoisotopic (exact) mass is 393 g/mol. The zero-order chi connectivity index (χ0) is 18.0. The Morgan fingerprint density at radius 3 is 2.44 bits per heavy atom. The number of carbonyl (C=O) groups excluding carboxylic acids is 2.